The summed E-state index contributed by atoms with van der Waals surface area (Å²) in [6.45, 7) is 0. The van der Waals surface area contributed by atoms with Crippen molar-refractivity contribution >= 4 is 26.7 Å². The third kappa shape index (κ3) is 2.87. The second-order valence-electron chi connectivity index (χ2n) is 6.06. The van der Waals surface area contributed by atoms with E-state index in [1.165, 1.54) is 16.8 Å². The molecule has 0 amide bonds. The number of nitrogens with zero attached hydrogens (tertiary/aromatic N) is 4. The van der Waals surface area contributed by atoms with Gasteiger partial charge in [-0.25, -0.2) is 26.9 Å². The molecule has 0 aliphatic heterocycles. The Hall–Kier alpha value is -3.40. The lowest BCUT2D eigenvalue weighted by atomic mass is 10.1. The number of halogens is 2. The van der Waals surface area contributed by atoms with Gasteiger partial charge in [0.25, 0.3) is 0 Å². The second kappa shape index (κ2) is 6.34. The van der Waals surface area contributed by atoms with Gasteiger partial charge in [0.2, 0.25) is 15.0 Å². The monoisotopic (exact) mass is 401 g/mol. The molecule has 10 heteroatoms. The summed E-state index contributed by atoms with van der Waals surface area (Å²) < 4.78 is 53.6. The first kappa shape index (κ1) is 18.0. The SMILES string of the molecule is CS(=O)(=O)c1nc(-c2cccc(F)c2F)c2c(N)n(-c3ccccc3)nc2n1. The van der Waals surface area contributed by atoms with E-state index in [1.54, 1.807) is 30.3 Å². The molecule has 0 fully saturated rings. The van der Waals surface area contributed by atoms with Gasteiger partial charge in [-0.2, -0.15) is 4.98 Å². The Bertz CT molecular complexity index is 1320. The van der Waals surface area contributed by atoms with Gasteiger partial charge in [0.15, 0.2) is 17.3 Å². The van der Waals surface area contributed by atoms with Gasteiger partial charge in [0.05, 0.1) is 16.8 Å². The summed E-state index contributed by atoms with van der Waals surface area (Å²) in [4.78, 5) is 7.94. The zero-order valence-corrected chi connectivity index (χ0v) is 15.3. The lowest BCUT2D eigenvalue weighted by Gasteiger charge is -2.07. The molecule has 0 unspecified atom stereocenters. The highest BCUT2D eigenvalue weighted by Crippen LogP contribution is 2.34. The van der Waals surface area contributed by atoms with Crippen LogP contribution in [0.4, 0.5) is 14.6 Å². The van der Waals surface area contributed by atoms with Crippen LogP contribution in [0.2, 0.25) is 0 Å². The van der Waals surface area contributed by atoms with Crippen molar-refractivity contribution in [1.82, 2.24) is 19.7 Å². The molecule has 0 aliphatic carbocycles. The first-order valence-electron chi connectivity index (χ1n) is 8.03. The van der Waals surface area contributed by atoms with Gasteiger partial charge < -0.3 is 5.73 Å². The Kier molecular flexibility index (Phi) is 4.07. The summed E-state index contributed by atoms with van der Waals surface area (Å²) in [5.74, 6) is -2.20. The minimum Gasteiger partial charge on any atom is -0.383 e. The summed E-state index contributed by atoms with van der Waals surface area (Å²) in [6, 6.07) is 12.3. The average molecular weight is 401 g/mol. The van der Waals surface area contributed by atoms with Gasteiger partial charge >= 0.3 is 0 Å². The largest absolute Gasteiger partial charge is 0.383 e. The Morgan fingerprint density at radius 2 is 1.71 bits per heavy atom. The van der Waals surface area contributed by atoms with Crippen molar-refractivity contribution in [2.24, 2.45) is 0 Å². The van der Waals surface area contributed by atoms with Crippen LogP contribution in [-0.4, -0.2) is 34.4 Å². The van der Waals surface area contributed by atoms with Crippen molar-refractivity contribution < 1.29 is 17.2 Å². The maximum absolute atomic E-state index is 14.5. The predicted octanol–water partition coefficient (Wildman–Crippen LogP) is 2.75. The van der Waals surface area contributed by atoms with Gasteiger partial charge in [0, 0.05) is 11.8 Å². The fraction of sp³-hybridized carbons (Fsp3) is 0.0556. The Morgan fingerprint density at radius 1 is 1.00 bits per heavy atom. The van der Waals surface area contributed by atoms with Gasteiger partial charge in [-0.05, 0) is 24.3 Å². The van der Waals surface area contributed by atoms with Crippen LogP contribution >= 0.6 is 0 Å². The topological polar surface area (TPSA) is 104 Å². The van der Waals surface area contributed by atoms with E-state index in [0.717, 1.165) is 12.3 Å². The van der Waals surface area contributed by atoms with Crippen molar-refractivity contribution in [2.75, 3.05) is 12.0 Å². The maximum atomic E-state index is 14.5. The molecule has 7 nitrogen and oxygen atoms in total. The van der Waals surface area contributed by atoms with Crippen LogP contribution < -0.4 is 5.73 Å². The third-order valence-corrected chi connectivity index (χ3v) is 4.93. The first-order valence-corrected chi connectivity index (χ1v) is 9.92. The van der Waals surface area contributed by atoms with E-state index in [-0.39, 0.29) is 28.1 Å². The first-order chi connectivity index (χ1) is 13.3. The van der Waals surface area contributed by atoms with E-state index >= 15 is 0 Å². The van der Waals surface area contributed by atoms with Crippen LogP contribution in [-0.2, 0) is 9.84 Å². The molecule has 0 spiro atoms. The van der Waals surface area contributed by atoms with E-state index in [1.807, 2.05) is 0 Å². The van der Waals surface area contributed by atoms with E-state index in [2.05, 4.69) is 15.1 Å². The van der Waals surface area contributed by atoms with Crippen molar-refractivity contribution in [1.29, 1.82) is 0 Å². The quantitative estimate of drug-likeness (QED) is 0.530. The third-order valence-electron chi connectivity index (χ3n) is 4.09. The molecule has 142 valence electrons. The molecule has 4 rings (SSSR count). The number of aromatic nitrogens is 4. The lowest BCUT2D eigenvalue weighted by molar-refractivity contribution is 0.511. The van der Waals surface area contributed by atoms with Gasteiger partial charge in [-0.15, -0.1) is 5.10 Å². The molecule has 2 heterocycles. The summed E-state index contributed by atoms with van der Waals surface area (Å²) >= 11 is 0. The number of fused-ring (bicyclic) bond motifs is 1. The summed E-state index contributed by atoms with van der Waals surface area (Å²) in [5, 5.41) is 3.82. The number of hydrogen-bond donors (Lipinski definition) is 1. The van der Waals surface area contributed by atoms with Crippen LogP contribution in [0.15, 0.2) is 53.7 Å². The van der Waals surface area contributed by atoms with Gasteiger partial charge in [-0.3, -0.25) is 0 Å². The summed E-state index contributed by atoms with van der Waals surface area (Å²) in [5.41, 5.74) is 6.36. The molecule has 2 aromatic heterocycles. The summed E-state index contributed by atoms with van der Waals surface area (Å²) in [6.07, 6.45) is 0.914. The Labute approximate surface area is 158 Å². The molecule has 2 N–H and O–H groups in total. The van der Waals surface area contributed by atoms with Crippen LogP contribution in [0, 0.1) is 11.6 Å². The molecule has 4 aromatic rings. The highest BCUT2D eigenvalue weighted by atomic mass is 32.2. The molecule has 0 saturated carbocycles. The van der Waals surface area contributed by atoms with E-state index in [9.17, 15) is 17.2 Å². The normalized spacial score (nSPS) is 11.8. The number of benzene rings is 2. The number of nitrogen functional groups attached to an aromatic ring is 1. The van der Waals surface area contributed by atoms with Gasteiger partial charge in [-0.1, -0.05) is 24.3 Å². The summed E-state index contributed by atoms with van der Waals surface area (Å²) in [7, 11) is -3.84. The fourth-order valence-corrected chi connectivity index (χ4v) is 3.31. The van der Waals surface area contributed by atoms with E-state index in [4.69, 9.17) is 5.73 Å². The highest BCUT2D eigenvalue weighted by molar-refractivity contribution is 7.90. The number of anilines is 1. The minimum atomic E-state index is -3.84. The fourth-order valence-electron chi connectivity index (χ4n) is 2.81. The van der Waals surface area contributed by atoms with Crippen LogP contribution in [0.1, 0.15) is 0 Å². The lowest BCUT2D eigenvalue weighted by Crippen LogP contribution is -2.06. The zero-order chi connectivity index (χ0) is 20.1. The molecular formula is C18H13F2N5O2S. The molecule has 0 radical (unpaired) electrons. The van der Waals surface area contributed by atoms with Crippen molar-refractivity contribution in [3.05, 3.63) is 60.2 Å². The minimum absolute atomic E-state index is 0.0459. The smallest absolute Gasteiger partial charge is 0.249 e. The standard InChI is InChI=1S/C18H13F2N5O2S/c1-28(26,27)18-22-15(11-8-5-9-12(19)14(11)20)13-16(21)25(24-17(13)23-18)10-6-3-2-4-7-10/h2-9H,21H2,1H3. The van der Waals surface area contributed by atoms with Crippen molar-refractivity contribution in [3.63, 3.8) is 0 Å². The predicted molar refractivity (Wildman–Crippen MR) is 99.5 cm³/mol. The molecule has 0 bridgehead atoms. The number of sulfone groups is 1. The molecule has 0 aliphatic rings. The molecule has 0 atom stereocenters. The molecule has 28 heavy (non-hydrogen) atoms. The highest BCUT2D eigenvalue weighted by Gasteiger charge is 2.24. The van der Waals surface area contributed by atoms with E-state index < -0.39 is 26.6 Å². The van der Waals surface area contributed by atoms with Crippen molar-refractivity contribution in [2.45, 2.75) is 5.16 Å². The van der Waals surface area contributed by atoms with Crippen LogP contribution in [0.25, 0.3) is 28.0 Å². The Balaban J connectivity index is 2.13. The van der Waals surface area contributed by atoms with Crippen molar-refractivity contribution in [3.8, 4) is 16.9 Å². The molecular weight excluding hydrogens is 388 g/mol. The zero-order valence-electron chi connectivity index (χ0n) is 14.5. The van der Waals surface area contributed by atoms with Gasteiger partial charge in [0.1, 0.15) is 5.82 Å². The second-order valence-corrected chi connectivity index (χ2v) is 7.97. The number of para-hydroxylation sites is 1. The maximum Gasteiger partial charge on any atom is 0.249 e. The number of rotatable bonds is 3. The molecule has 0 saturated heterocycles. The number of nitrogens with two attached hydrogens (primary N) is 1. The Morgan fingerprint density at radius 3 is 2.39 bits per heavy atom. The average Bonchev–Trinajstić information content (AvgIpc) is 3.00. The molecule has 2 aromatic carbocycles. The van der Waals surface area contributed by atoms with Crippen LogP contribution in [0.3, 0.4) is 0 Å². The van der Waals surface area contributed by atoms with Crippen LogP contribution in [0.5, 0.6) is 0 Å². The number of hydrogen-bond acceptors (Lipinski definition) is 6. The van der Waals surface area contributed by atoms with E-state index in [0.29, 0.717) is 5.69 Å².